The zero-order chi connectivity index (χ0) is 11.2. The fraction of sp³-hybridized carbons (Fsp3) is 0.692. The summed E-state index contributed by atoms with van der Waals surface area (Å²) in [4.78, 5) is 0. The monoisotopic (exact) mass is 239 g/mol. The fourth-order valence-corrected chi connectivity index (χ4v) is 3.77. The number of nitrogens with one attached hydrogen (secondary N) is 1. The highest BCUT2D eigenvalue weighted by Gasteiger charge is 2.22. The first-order valence-corrected chi connectivity index (χ1v) is 7.26. The minimum atomic E-state index is 0.683. The van der Waals surface area contributed by atoms with Crippen molar-refractivity contribution in [1.82, 2.24) is 5.32 Å². The summed E-state index contributed by atoms with van der Waals surface area (Å²) in [6, 6.07) is 4.72. The molecule has 1 heterocycles. The summed E-state index contributed by atoms with van der Waals surface area (Å²) >= 11 is 2.04. The topological polar surface area (TPSA) is 25.2 Å². The summed E-state index contributed by atoms with van der Waals surface area (Å²) in [5.74, 6) is 2.11. The van der Waals surface area contributed by atoms with Crippen molar-refractivity contribution in [3.8, 4) is 0 Å². The Morgan fingerprint density at radius 1 is 1.38 bits per heavy atom. The molecule has 0 amide bonds. The van der Waals surface area contributed by atoms with Crippen molar-refractivity contribution in [2.75, 3.05) is 7.05 Å². The number of thioether (sulfide) groups is 1. The highest BCUT2D eigenvalue weighted by atomic mass is 32.2. The van der Waals surface area contributed by atoms with Crippen LogP contribution in [0.5, 0.6) is 0 Å². The van der Waals surface area contributed by atoms with Gasteiger partial charge >= 0.3 is 0 Å². The van der Waals surface area contributed by atoms with E-state index in [1.807, 2.05) is 17.8 Å². The van der Waals surface area contributed by atoms with E-state index in [1.165, 1.54) is 32.1 Å². The van der Waals surface area contributed by atoms with Crippen LogP contribution in [0, 0.1) is 0 Å². The molecule has 0 spiro atoms. The molecule has 1 fully saturated rings. The van der Waals surface area contributed by atoms with Crippen LogP contribution in [0.15, 0.2) is 22.8 Å². The first-order valence-electron chi connectivity index (χ1n) is 6.21. The molecule has 1 aliphatic carbocycles. The van der Waals surface area contributed by atoms with Crippen LogP contribution in [0.25, 0.3) is 0 Å². The summed E-state index contributed by atoms with van der Waals surface area (Å²) in [5, 5.41) is 4.22. The van der Waals surface area contributed by atoms with Crippen LogP contribution < -0.4 is 5.32 Å². The average molecular weight is 239 g/mol. The Kier molecular flexibility index (Phi) is 4.79. The lowest BCUT2D eigenvalue weighted by molar-refractivity contribution is 0.506. The summed E-state index contributed by atoms with van der Waals surface area (Å²) in [6.45, 7) is 0. The normalized spacial score (nSPS) is 26.6. The van der Waals surface area contributed by atoms with Crippen LogP contribution in [0.4, 0.5) is 0 Å². The molecule has 1 aromatic rings. The summed E-state index contributed by atoms with van der Waals surface area (Å²) < 4.78 is 5.38. The smallest absolute Gasteiger partial charge is 0.113 e. The third kappa shape index (κ3) is 3.29. The van der Waals surface area contributed by atoms with E-state index in [4.69, 9.17) is 4.42 Å². The Morgan fingerprint density at radius 2 is 2.25 bits per heavy atom. The Hall–Kier alpha value is -0.410. The largest absolute Gasteiger partial charge is 0.468 e. The molecule has 0 saturated heterocycles. The molecule has 0 radical (unpaired) electrons. The maximum absolute atomic E-state index is 5.38. The van der Waals surface area contributed by atoms with Crippen LogP contribution in [-0.4, -0.2) is 18.3 Å². The van der Waals surface area contributed by atoms with Crippen molar-refractivity contribution in [3.63, 3.8) is 0 Å². The predicted molar refractivity (Wildman–Crippen MR) is 69.7 cm³/mol. The van der Waals surface area contributed by atoms with Gasteiger partial charge in [-0.15, -0.1) is 11.8 Å². The summed E-state index contributed by atoms with van der Waals surface area (Å²) in [5.41, 5.74) is 0. The van der Waals surface area contributed by atoms with E-state index in [9.17, 15) is 0 Å². The summed E-state index contributed by atoms with van der Waals surface area (Å²) in [6.07, 6.45) is 8.59. The van der Waals surface area contributed by atoms with Gasteiger partial charge in [-0.1, -0.05) is 19.3 Å². The molecule has 0 aliphatic heterocycles. The first-order chi connectivity index (χ1) is 7.90. The van der Waals surface area contributed by atoms with Gasteiger partial charge in [-0.3, -0.25) is 0 Å². The first kappa shape index (κ1) is 12.1. The molecule has 1 aliphatic rings. The van der Waals surface area contributed by atoms with Crippen LogP contribution in [0.1, 0.15) is 37.9 Å². The van der Waals surface area contributed by atoms with Crippen molar-refractivity contribution in [2.45, 2.75) is 49.1 Å². The minimum Gasteiger partial charge on any atom is -0.468 e. The third-order valence-corrected chi connectivity index (χ3v) is 4.79. The second kappa shape index (κ2) is 6.36. The van der Waals surface area contributed by atoms with Crippen molar-refractivity contribution in [2.24, 2.45) is 0 Å². The lowest BCUT2D eigenvalue weighted by Gasteiger charge is -2.23. The van der Waals surface area contributed by atoms with Crippen molar-refractivity contribution in [3.05, 3.63) is 24.2 Å². The van der Waals surface area contributed by atoms with Gasteiger partial charge in [-0.05, 0) is 32.0 Å². The number of rotatable bonds is 4. The standard InChI is InChI=1S/C13H21NOS/c1-14-12-7-3-2-4-8-13(12)16-10-11-6-5-9-15-11/h5-6,9,12-14H,2-4,7-8,10H2,1H3. The van der Waals surface area contributed by atoms with Crippen LogP contribution in [0.2, 0.25) is 0 Å². The number of furan rings is 1. The number of hydrogen-bond donors (Lipinski definition) is 1. The van der Waals surface area contributed by atoms with Crippen molar-refractivity contribution < 1.29 is 4.42 Å². The second-order valence-electron chi connectivity index (χ2n) is 4.46. The molecule has 1 aromatic heterocycles. The molecule has 0 aromatic carbocycles. The van der Waals surface area contributed by atoms with Crippen LogP contribution >= 0.6 is 11.8 Å². The molecule has 2 nitrogen and oxygen atoms in total. The van der Waals surface area contributed by atoms with Gasteiger partial charge in [0, 0.05) is 11.3 Å². The van der Waals surface area contributed by atoms with Crippen molar-refractivity contribution >= 4 is 11.8 Å². The van der Waals surface area contributed by atoms with Gasteiger partial charge in [0.25, 0.3) is 0 Å². The van der Waals surface area contributed by atoms with Crippen LogP contribution in [0.3, 0.4) is 0 Å². The lowest BCUT2D eigenvalue weighted by Crippen LogP contribution is -2.34. The molecule has 2 atom stereocenters. The molecule has 1 N–H and O–H groups in total. The second-order valence-corrected chi connectivity index (χ2v) is 5.69. The van der Waals surface area contributed by atoms with Gasteiger partial charge in [-0.25, -0.2) is 0 Å². The zero-order valence-corrected chi connectivity index (χ0v) is 10.8. The lowest BCUT2D eigenvalue weighted by atomic mass is 10.1. The van der Waals surface area contributed by atoms with E-state index in [1.54, 1.807) is 6.26 Å². The molecule has 3 heteroatoms. The number of hydrogen-bond acceptors (Lipinski definition) is 3. The molecular formula is C13H21NOS. The van der Waals surface area contributed by atoms with Gasteiger partial charge < -0.3 is 9.73 Å². The maximum atomic E-state index is 5.38. The van der Waals surface area contributed by atoms with Crippen molar-refractivity contribution in [1.29, 1.82) is 0 Å². The Balaban J connectivity index is 1.85. The Labute approximate surface area is 102 Å². The van der Waals surface area contributed by atoms with E-state index >= 15 is 0 Å². The molecule has 0 bridgehead atoms. The quantitative estimate of drug-likeness (QED) is 0.815. The van der Waals surface area contributed by atoms with Gasteiger partial charge in [-0.2, -0.15) is 0 Å². The Morgan fingerprint density at radius 3 is 3.00 bits per heavy atom. The Bertz CT molecular complexity index is 286. The highest BCUT2D eigenvalue weighted by molar-refractivity contribution is 7.99. The summed E-state index contributed by atoms with van der Waals surface area (Å²) in [7, 11) is 2.09. The van der Waals surface area contributed by atoms with E-state index in [-0.39, 0.29) is 0 Å². The van der Waals surface area contributed by atoms with Gasteiger partial charge in [0.1, 0.15) is 5.76 Å². The van der Waals surface area contributed by atoms with E-state index < -0.39 is 0 Å². The minimum absolute atomic E-state index is 0.683. The van der Waals surface area contributed by atoms with E-state index in [0.29, 0.717) is 6.04 Å². The molecular weight excluding hydrogens is 218 g/mol. The van der Waals surface area contributed by atoms with E-state index in [2.05, 4.69) is 18.4 Å². The molecule has 90 valence electrons. The maximum Gasteiger partial charge on any atom is 0.113 e. The van der Waals surface area contributed by atoms with Gasteiger partial charge in [0.2, 0.25) is 0 Å². The van der Waals surface area contributed by atoms with Gasteiger partial charge in [0.15, 0.2) is 0 Å². The molecule has 2 unspecified atom stereocenters. The van der Waals surface area contributed by atoms with Gasteiger partial charge in [0.05, 0.1) is 12.0 Å². The zero-order valence-electron chi connectivity index (χ0n) is 9.95. The third-order valence-electron chi connectivity index (χ3n) is 3.34. The predicted octanol–water partition coefficient (Wildman–Crippen LogP) is 3.43. The molecule has 1 saturated carbocycles. The SMILES string of the molecule is CNC1CCCCCC1SCc1ccco1. The van der Waals surface area contributed by atoms with Crippen LogP contribution in [-0.2, 0) is 5.75 Å². The fourth-order valence-electron chi connectivity index (χ4n) is 2.39. The van der Waals surface area contributed by atoms with E-state index in [0.717, 1.165) is 16.8 Å². The molecule has 2 rings (SSSR count). The molecule has 16 heavy (non-hydrogen) atoms. The average Bonchev–Trinajstić information content (AvgIpc) is 2.71. The highest BCUT2D eigenvalue weighted by Crippen LogP contribution is 2.30.